The summed E-state index contributed by atoms with van der Waals surface area (Å²) in [6, 6.07) is 9.79. The number of para-hydroxylation sites is 1. The maximum Gasteiger partial charge on any atom is 0.270 e. The minimum absolute atomic E-state index is 0.122. The van der Waals surface area contributed by atoms with E-state index in [-0.39, 0.29) is 11.3 Å². The summed E-state index contributed by atoms with van der Waals surface area (Å²) in [6.45, 7) is 4.09. The molecule has 9 heteroatoms. The largest absolute Gasteiger partial charge is 0.378 e. The Balaban J connectivity index is 1.68. The molecule has 158 valence electrons. The van der Waals surface area contributed by atoms with Gasteiger partial charge in [-0.25, -0.2) is 0 Å². The molecule has 2 heterocycles. The monoisotopic (exact) mass is 430 g/mol. The molecule has 2 aliphatic heterocycles. The topological polar surface area (TPSA) is 88.0 Å². The van der Waals surface area contributed by atoms with Gasteiger partial charge in [-0.05, 0) is 31.0 Å². The molecule has 2 aromatic carbocycles. The lowest BCUT2D eigenvalue weighted by molar-refractivity contribution is -0.384. The van der Waals surface area contributed by atoms with Crippen LogP contribution < -0.4 is 15.1 Å². The van der Waals surface area contributed by atoms with E-state index in [0.29, 0.717) is 42.7 Å². The predicted octanol–water partition coefficient (Wildman–Crippen LogP) is 3.94. The van der Waals surface area contributed by atoms with Crippen LogP contribution in [0.1, 0.15) is 23.2 Å². The summed E-state index contributed by atoms with van der Waals surface area (Å²) in [6.07, 6.45) is 2.15. The highest BCUT2D eigenvalue weighted by molar-refractivity contribution is 6.34. The van der Waals surface area contributed by atoms with Gasteiger partial charge >= 0.3 is 0 Å². The van der Waals surface area contributed by atoms with E-state index in [9.17, 15) is 14.9 Å². The number of morpholine rings is 1. The minimum atomic E-state index is -0.491. The number of amides is 1. The molecule has 0 spiro atoms. The maximum absolute atomic E-state index is 13.3. The van der Waals surface area contributed by atoms with Crippen molar-refractivity contribution >= 4 is 40.3 Å². The summed E-state index contributed by atoms with van der Waals surface area (Å²) in [5, 5.41) is 14.8. The van der Waals surface area contributed by atoms with Crippen LogP contribution >= 0.6 is 11.6 Å². The molecule has 1 amide bonds. The Hall–Kier alpha value is -2.84. The molecule has 0 atom stereocenters. The third kappa shape index (κ3) is 4.20. The Morgan fingerprint density at radius 3 is 2.50 bits per heavy atom. The van der Waals surface area contributed by atoms with Gasteiger partial charge in [0.15, 0.2) is 0 Å². The molecule has 2 aromatic rings. The summed E-state index contributed by atoms with van der Waals surface area (Å²) >= 11 is 6.45. The molecular weight excluding hydrogens is 408 g/mol. The molecular formula is C21H23ClN4O4. The standard InChI is InChI=1S/C21H23ClN4O4/c22-17-4-3-5-18(20(17)25-8-1-2-9-25)23-21(27)16-14-15(26(28)29)6-7-19(16)24-10-12-30-13-11-24/h3-7,14H,1-2,8-13H2,(H,23,27). The van der Waals surface area contributed by atoms with E-state index in [1.54, 1.807) is 18.2 Å². The summed E-state index contributed by atoms with van der Waals surface area (Å²) in [5.41, 5.74) is 2.20. The van der Waals surface area contributed by atoms with Crippen molar-refractivity contribution in [1.82, 2.24) is 0 Å². The van der Waals surface area contributed by atoms with Crippen LogP contribution in [0.3, 0.4) is 0 Å². The van der Waals surface area contributed by atoms with Gasteiger partial charge in [-0.15, -0.1) is 0 Å². The van der Waals surface area contributed by atoms with Gasteiger partial charge in [-0.2, -0.15) is 0 Å². The third-order valence-electron chi connectivity index (χ3n) is 5.44. The third-order valence-corrected chi connectivity index (χ3v) is 5.75. The van der Waals surface area contributed by atoms with Gasteiger partial charge in [0.1, 0.15) is 0 Å². The van der Waals surface area contributed by atoms with E-state index in [0.717, 1.165) is 31.6 Å². The highest BCUT2D eigenvalue weighted by atomic mass is 35.5. The molecule has 0 unspecified atom stereocenters. The number of non-ortho nitro benzene ring substituents is 1. The number of halogens is 1. The zero-order chi connectivity index (χ0) is 21.1. The van der Waals surface area contributed by atoms with Crippen molar-refractivity contribution in [1.29, 1.82) is 0 Å². The lowest BCUT2D eigenvalue weighted by Gasteiger charge is -2.30. The Morgan fingerprint density at radius 1 is 1.07 bits per heavy atom. The van der Waals surface area contributed by atoms with Crippen LogP contribution in [0.15, 0.2) is 36.4 Å². The van der Waals surface area contributed by atoms with Gasteiger partial charge < -0.3 is 19.9 Å². The molecule has 30 heavy (non-hydrogen) atoms. The maximum atomic E-state index is 13.3. The molecule has 2 fully saturated rings. The fourth-order valence-electron chi connectivity index (χ4n) is 3.97. The van der Waals surface area contributed by atoms with Crippen molar-refractivity contribution < 1.29 is 14.5 Å². The molecule has 0 bridgehead atoms. The highest BCUT2D eigenvalue weighted by Crippen LogP contribution is 2.37. The number of carbonyl (C=O) groups is 1. The van der Waals surface area contributed by atoms with Gasteiger partial charge in [0, 0.05) is 38.3 Å². The average molecular weight is 431 g/mol. The highest BCUT2D eigenvalue weighted by Gasteiger charge is 2.24. The van der Waals surface area contributed by atoms with E-state index in [1.165, 1.54) is 12.1 Å². The van der Waals surface area contributed by atoms with Crippen LogP contribution in [-0.4, -0.2) is 50.2 Å². The van der Waals surface area contributed by atoms with E-state index in [2.05, 4.69) is 10.2 Å². The number of anilines is 3. The number of nitro benzene ring substituents is 1. The summed E-state index contributed by atoms with van der Waals surface area (Å²) in [4.78, 5) is 28.3. The second kappa shape index (κ2) is 8.89. The summed E-state index contributed by atoms with van der Waals surface area (Å²) in [7, 11) is 0. The first-order chi connectivity index (χ1) is 14.5. The fraction of sp³-hybridized carbons (Fsp3) is 0.381. The number of nitro groups is 1. The summed E-state index contributed by atoms with van der Waals surface area (Å²) in [5.74, 6) is -0.400. The van der Waals surface area contributed by atoms with Crippen LogP contribution in [0.25, 0.3) is 0 Å². The predicted molar refractivity (Wildman–Crippen MR) is 117 cm³/mol. The van der Waals surface area contributed by atoms with Gasteiger partial charge in [0.05, 0.1) is 45.8 Å². The van der Waals surface area contributed by atoms with Crippen LogP contribution in [0.4, 0.5) is 22.7 Å². The number of rotatable bonds is 5. The molecule has 0 radical (unpaired) electrons. The number of carbonyl (C=O) groups excluding carboxylic acids is 1. The number of ether oxygens (including phenoxy) is 1. The normalized spacial score (nSPS) is 16.6. The zero-order valence-corrected chi connectivity index (χ0v) is 17.2. The first-order valence-electron chi connectivity index (χ1n) is 10.0. The van der Waals surface area contributed by atoms with E-state index < -0.39 is 10.8 Å². The van der Waals surface area contributed by atoms with Crippen molar-refractivity contribution in [2.24, 2.45) is 0 Å². The van der Waals surface area contributed by atoms with Crippen molar-refractivity contribution in [2.75, 3.05) is 54.5 Å². The van der Waals surface area contributed by atoms with Crippen LogP contribution in [0.5, 0.6) is 0 Å². The second-order valence-electron chi connectivity index (χ2n) is 7.34. The van der Waals surface area contributed by atoms with E-state index in [4.69, 9.17) is 16.3 Å². The van der Waals surface area contributed by atoms with Gasteiger partial charge in [-0.3, -0.25) is 14.9 Å². The number of hydrogen-bond donors (Lipinski definition) is 1. The van der Waals surface area contributed by atoms with E-state index >= 15 is 0 Å². The van der Waals surface area contributed by atoms with Crippen molar-refractivity contribution in [3.8, 4) is 0 Å². The first kappa shape index (κ1) is 20.4. The van der Waals surface area contributed by atoms with Gasteiger partial charge in [0.25, 0.3) is 11.6 Å². The van der Waals surface area contributed by atoms with Crippen LogP contribution in [-0.2, 0) is 4.74 Å². The smallest absolute Gasteiger partial charge is 0.270 e. The average Bonchev–Trinajstić information content (AvgIpc) is 3.28. The number of nitrogens with one attached hydrogen (secondary N) is 1. The Morgan fingerprint density at radius 2 is 1.80 bits per heavy atom. The molecule has 1 N–H and O–H groups in total. The zero-order valence-electron chi connectivity index (χ0n) is 16.5. The Kier molecular flexibility index (Phi) is 6.06. The van der Waals surface area contributed by atoms with Crippen LogP contribution in [0.2, 0.25) is 5.02 Å². The first-order valence-corrected chi connectivity index (χ1v) is 10.4. The fourth-order valence-corrected chi connectivity index (χ4v) is 4.26. The SMILES string of the molecule is O=C(Nc1cccc(Cl)c1N1CCCC1)c1cc([N+](=O)[O-])ccc1N1CCOCC1. The number of benzene rings is 2. The van der Waals surface area contributed by atoms with Crippen molar-refractivity contribution in [3.05, 3.63) is 57.1 Å². The molecule has 0 aliphatic carbocycles. The minimum Gasteiger partial charge on any atom is -0.378 e. The molecule has 0 aromatic heterocycles. The quantitative estimate of drug-likeness (QED) is 0.571. The molecule has 2 aliphatic rings. The molecule has 2 saturated heterocycles. The summed E-state index contributed by atoms with van der Waals surface area (Å²) < 4.78 is 5.39. The van der Waals surface area contributed by atoms with Gasteiger partial charge in [0.2, 0.25) is 0 Å². The van der Waals surface area contributed by atoms with Crippen molar-refractivity contribution in [2.45, 2.75) is 12.8 Å². The lowest BCUT2D eigenvalue weighted by atomic mass is 10.1. The molecule has 8 nitrogen and oxygen atoms in total. The molecule has 4 rings (SSSR count). The van der Waals surface area contributed by atoms with Crippen molar-refractivity contribution in [3.63, 3.8) is 0 Å². The Labute approximate surface area is 179 Å². The number of nitrogens with zero attached hydrogens (tertiary/aromatic N) is 3. The van der Waals surface area contributed by atoms with E-state index in [1.807, 2.05) is 11.0 Å². The van der Waals surface area contributed by atoms with Gasteiger partial charge in [-0.1, -0.05) is 17.7 Å². The number of hydrogen-bond acceptors (Lipinski definition) is 6. The molecule has 0 saturated carbocycles. The second-order valence-corrected chi connectivity index (χ2v) is 7.75. The van der Waals surface area contributed by atoms with Crippen LogP contribution in [0, 0.1) is 10.1 Å². The Bertz CT molecular complexity index is 956. The lowest BCUT2D eigenvalue weighted by Crippen LogP contribution is -2.37.